The van der Waals surface area contributed by atoms with Gasteiger partial charge in [-0.1, -0.05) is 23.8 Å². The van der Waals surface area contributed by atoms with Crippen molar-refractivity contribution in [1.82, 2.24) is 24.3 Å². The van der Waals surface area contributed by atoms with E-state index in [2.05, 4.69) is 15.3 Å². The van der Waals surface area contributed by atoms with Crippen molar-refractivity contribution in [3.63, 3.8) is 0 Å². The average Bonchev–Trinajstić information content (AvgIpc) is 3.44. The largest absolute Gasteiger partial charge is 0.497 e. The maximum Gasteiger partial charge on any atom is 0.268 e. The zero-order chi connectivity index (χ0) is 23.2. The monoisotopic (exact) mass is 465 g/mol. The Morgan fingerprint density at radius 2 is 1.82 bits per heavy atom. The minimum absolute atomic E-state index is 0.167. The second-order valence-electron chi connectivity index (χ2n) is 7.94. The Hall–Kier alpha value is -3.50. The molecule has 0 N–H and O–H groups in total. The Morgan fingerprint density at radius 3 is 2.58 bits per heavy atom. The lowest BCUT2D eigenvalue weighted by Gasteiger charge is -2.26. The molecule has 33 heavy (non-hydrogen) atoms. The van der Waals surface area contributed by atoms with Crippen LogP contribution in [0.3, 0.4) is 0 Å². The zero-order valence-electron chi connectivity index (χ0n) is 18.5. The molecule has 4 aromatic rings. The van der Waals surface area contributed by atoms with Crippen LogP contribution >= 0.6 is 0 Å². The summed E-state index contributed by atoms with van der Waals surface area (Å²) in [5.74, 6) is 1.15. The summed E-state index contributed by atoms with van der Waals surface area (Å²) in [4.78, 5) is 0.190. The Bertz CT molecular complexity index is 1420. The van der Waals surface area contributed by atoms with E-state index in [-0.39, 0.29) is 17.3 Å². The van der Waals surface area contributed by atoms with Crippen LogP contribution < -0.4 is 4.74 Å². The van der Waals surface area contributed by atoms with Gasteiger partial charge < -0.3 is 9.15 Å². The van der Waals surface area contributed by atoms with Gasteiger partial charge in [0, 0.05) is 49.4 Å². The molecule has 3 heterocycles. The van der Waals surface area contributed by atoms with E-state index in [1.165, 1.54) is 17.5 Å². The van der Waals surface area contributed by atoms with Gasteiger partial charge in [0.25, 0.3) is 5.89 Å². The number of nitrogens with zero attached hydrogens (tertiary/aromatic N) is 5. The van der Waals surface area contributed by atoms with Gasteiger partial charge in [0.2, 0.25) is 15.9 Å². The van der Waals surface area contributed by atoms with Crippen molar-refractivity contribution in [2.24, 2.45) is 7.05 Å². The molecule has 1 aliphatic heterocycles. The minimum atomic E-state index is -3.72. The highest BCUT2D eigenvalue weighted by atomic mass is 32.2. The second kappa shape index (κ2) is 8.13. The van der Waals surface area contributed by atoms with Gasteiger partial charge in [0.05, 0.1) is 12.0 Å². The summed E-state index contributed by atoms with van der Waals surface area (Å²) < 4.78 is 41.0. The van der Waals surface area contributed by atoms with Crippen molar-refractivity contribution in [1.29, 1.82) is 0 Å². The number of aromatic nitrogens is 4. The van der Waals surface area contributed by atoms with Crippen LogP contribution in [0.15, 0.2) is 57.8 Å². The van der Waals surface area contributed by atoms with E-state index in [1.807, 2.05) is 38.2 Å². The predicted octanol–water partition coefficient (Wildman–Crippen LogP) is 3.20. The number of methoxy groups -OCH3 is 1. The normalized spacial score (nSPS) is 14.3. The molecule has 0 atom stereocenters. The van der Waals surface area contributed by atoms with Crippen LogP contribution in [0.25, 0.3) is 23.0 Å². The van der Waals surface area contributed by atoms with Crippen LogP contribution in [0.2, 0.25) is 0 Å². The van der Waals surface area contributed by atoms with E-state index in [0.717, 1.165) is 22.4 Å². The average molecular weight is 466 g/mol. The molecule has 0 amide bonds. The van der Waals surface area contributed by atoms with Crippen molar-refractivity contribution >= 4 is 10.0 Å². The Morgan fingerprint density at radius 1 is 1.06 bits per heavy atom. The lowest BCUT2D eigenvalue weighted by atomic mass is 10.1. The van der Waals surface area contributed by atoms with E-state index >= 15 is 0 Å². The summed E-state index contributed by atoms with van der Waals surface area (Å²) in [6, 6.07) is 14.3. The SMILES string of the molecule is COc1cccc(S(=O)(=O)N2CCc3c(c(-c4nnc(-c5ccc(C)cc5)o4)nn3C)C2)c1. The molecule has 9 nitrogen and oxygen atoms in total. The van der Waals surface area contributed by atoms with Crippen LogP contribution in [0, 0.1) is 6.92 Å². The van der Waals surface area contributed by atoms with Crippen LogP contribution in [-0.2, 0) is 30.0 Å². The van der Waals surface area contributed by atoms with E-state index in [9.17, 15) is 8.42 Å². The lowest BCUT2D eigenvalue weighted by Crippen LogP contribution is -2.36. The molecule has 0 fully saturated rings. The number of hydrogen-bond acceptors (Lipinski definition) is 7. The van der Waals surface area contributed by atoms with Crippen molar-refractivity contribution in [3.05, 3.63) is 65.4 Å². The molecule has 0 unspecified atom stereocenters. The third kappa shape index (κ3) is 3.81. The number of sulfonamides is 1. The Kier molecular flexibility index (Phi) is 5.26. The second-order valence-corrected chi connectivity index (χ2v) is 9.88. The van der Waals surface area contributed by atoms with Crippen molar-refractivity contribution < 1.29 is 17.6 Å². The molecular formula is C23H23N5O4S. The quantitative estimate of drug-likeness (QED) is 0.446. The molecule has 0 radical (unpaired) electrons. The van der Waals surface area contributed by atoms with Crippen LogP contribution in [0.4, 0.5) is 0 Å². The first-order valence-corrected chi connectivity index (χ1v) is 11.9. The summed E-state index contributed by atoms with van der Waals surface area (Å²) in [5, 5.41) is 13.0. The summed E-state index contributed by atoms with van der Waals surface area (Å²) in [7, 11) is -0.370. The van der Waals surface area contributed by atoms with Gasteiger partial charge in [0.1, 0.15) is 5.75 Å². The standard InChI is InChI=1S/C23H23N5O4S/c1-15-7-9-16(10-8-15)22-24-25-23(32-22)21-19-14-28(12-11-20(19)27(2)26-21)33(29,30)18-6-4-5-17(13-18)31-3/h4-10,13H,11-12,14H2,1-3H3. The molecule has 5 rings (SSSR count). The number of benzene rings is 2. The fourth-order valence-corrected chi connectivity index (χ4v) is 5.43. The first-order valence-electron chi connectivity index (χ1n) is 10.5. The maximum absolute atomic E-state index is 13.3. The van der Waals surface area contributed by atoms with Gasteiger partial charge >= 0.3 is 0 Å². The molecule has 2 aromatic carbocycles. The molecule has 0 spiro atoms. The van der Waals surface area contributed by atoms with Crippen LogP contribution in [0.1, 0.15) is 16.8 Å². The Balaban J connectivity index is 1.49. The predicted molar refractivity (Wildman–Crippen MR) is 121 cm³/mol. The number of fused-ring (bicyclic) bond motifs is 1. The molecule has 0 bridgehead atoms. The first kappa shape index (κ1) is 21.4. The van der Waals surface area contributed by atoms with E-state index in [1.54, 1.807) is 22.9 Å². The van der Waals surface area contributed by atoms with Crippen molar-refractivity contribution in [2.45, 2.75) is 24.8 Å². The summed E-state index contributed by atoms with van der Waals surface area (Å²) in [6.07, 6.45) is 0.529. The van der Waals surface area contributed by atoms with Crippen molar-refractivity contribution in [3.8, 4) is 28.8 Å². The molecule has 0 saturated heterocycles. The number of rotatable bonds is 5. The van der Waals surface area contributed by atoms with Crippen LogP contribution in [0.5, 0.6) is 5.75 Å². The van der Waals surface area contributed by atoms with Gasteiger partial charge in [-0.05, 0) is 31.2 Å². The third-order valence-corrected chi connectivity index (χ3v) is 7.65. The molecule has 2 aromatic heterocycles. The third-order valence-electron chi connectivity index (χ3n) is 5.81. The summed E-state index contributed by atoms with van der Waals surface area (Å²) >= 11 is 0. The van der Waals surface area contributed by atoms with Gasteiger partial charge in [-0.2, -0.15) is 9.40 Å². The first-order chi connectivity index (χ1) is 15.9. The van der Waals surface area contributed by atoms with E-state index in [4.69, 9.17) is 9.15 Å². The van der Waals surface area contributed by atoms with Gasteiger partial charge in [0.15, 0.2) is 5.69 Å². The van der Waals surface area contributed by atoms with Crippen molar-refractivity contribution in [2.75, 3.05) is 13.7 Å². The highest BCUT2D eigenvalue weighted by Gasteiger charge is 2.33. The number of aryl methyl sites for hydroxylation is 2. The van der Waals surface area contributed by atoms with Gasteiger partial charge in [-0.25, -0.2) is 8.42 Å². The molecule has 170 valence electrons. The highest BCUT2D eigenvalue weighted by Crippen LogP contribution is 2.33. The molecule has 0 aliphatic carbocycles. The fourth-order valence-electron chi connectivity index (χ4n) is 3.99. The Labute approximate surface area is 191 Å². The maximum atomic E-state index is 13.3. The number of hydrogen-bond donors (Lipinski definition) is 0. The molecule has 10 heteroatoms. The molecule has 1 aliphatic rings. The summed E-state index contributed by atoms with van der Waals surface area (Å²) in [5.41, 5.74) is 4.18. The minimum Gasteiger partial charge on any atom is -0.497 e. The fraction of sp³-hybridized carbons (Fsp3) is 0.261. The molecular weight excluding hydrogens is 442 g/mol. The van der Waals surface area contributed by atoms with Crippen LogP contribution in [-0.4, -0.2) is 46.4 Å². The van der Waals surface area contributed by atoms with E-state index in [0.29, 0.717) is 30.3 Å². The van der Waals surface area contributed by atoms with Gasteiger partial charge in [-0.15, -0.1) is 10.2 Å². The van der Waals surface area contributed by atoms with Gasteiger partial charge in [-0.3, -0.25) is 4.68 Å². The zero-order valence-corrected chi connectivity index (χ0v) is 19.3. The lowest BCUT2D eigenvalue weighted by molar-refractivity contribution is 0.384. The highest BCUT2D eigenvalue weighted by molar-refractivity contribution is 7.89. The topological polar surface area (TPSA) is 103 Å². The smallest absolute Gasteiger partial charge is 0.268 e. The summed E-state index contributed by atoms with van der Waals surface area (Å²) in [6.45, 7) is 2.53. The number of ether oxygens (including phenoxy) is 1. The van der Waals surface area contributed by atoms with E-state index < -0.39 is 10.0 Å². The molecule has 0 saturated carbocycles.